The Morgan fingerprint density at radius 1 is 1.19 bits per heavy atom. The lowest BCUT2D eigenvalue weighted by molar-refractivity contribution is 0.0584. The first-order valence-electron chi connectivity index (χ1n) is 9.85. The van der Waals surface area contributed by atoms with Gasteiger partial charge < -0.3 is 4.90 Å². The first-order valence-corrected chi connectivity index (χ1v) is 9.85. The van der Waals surface area contributed by atoms with Crippen LogP contribution in [0.4, 0.5) is 4.39 Å². The van der Waals surface area contributed by atoms with Crippen molar-refractivity contribution < 1.29 is 9.18 Å². The van der Waals surface area contributed by atoms with Gasteiger partial charge in [0.15, 0.2) is 0 Å². The molecule has 0 saturated carbocycles. The van der Waals surface area contributed by atoms with Crippen LogP contribution in [0.5, 0.6) is 0 Å². The third kappa shape index (κ3) is 3.76. The van der Waals surface area contributed by atoms with E-state index >= 15 is 0 Å². The topological polar surface area (TPSA) is 41.4 Å². The second kappa shape index (κ2) is 7.43. The third-order valence-corrected chi connectivity index (χ3v) is 5.87. The molecule has 2 aromatic rings. The van der Waals surface area contributed by atoms with Crippen LogP contribution in [0.15, 0.2) is 30.5 Å². The Morgan fingerprint density at radius 2 is 1.96 bits per heavy atom. The van der Waals surface area contributed by atoms with Crippen molar-refractivity contribution in [3.63, 3.8) is 0 Å². The van der Waals surface area contributed by atoms with E-state index in [2.05, 4.69) is 14.9 Å². The van der Waals surface area contributed by atoms with Gasteiger partial charge in [0.25, 0.3) is 5.91 Å². The molecule has 3 aliphatic heterocycles. The van der Waals surface area contributed by atoms with Gasteiger partial charge in [-0.05, 0) is 50.3 Å². The second-order valence-corrected chi connectivity index (χ2v) is 7.86. The van der Waals surface area contributed by atoms with Gasteiger partial charge >= 0.3 is 0 Å². The van der Waals surface area contributed by atoms with Gasteiger partial charge in [0.1, 0.15) is 5.82 Å². The number of benzene rings is 1. The molecular formula is C21H27FN4O. The van der Waals surface area contributed by atoms with Crippen molar-refractivity contribution in [1.82, 2.24) is 19.6 Å². The second-order valence-electron chi connectivity index (χ2n) is 7.86. The van der Waals surface area contributed by atoms with Crippen LogP contribution in [0.3, 0.4) is 0 Å². The molecule has 2 atom stereocenters. The maximum atomic E-state index is 13.2. The fourth-order valence-electron chi connectivity index (χ4n) is 4.45. The summed E-state index contributed by atoms with van der Waals surface area (Å²) < 4.78 is 15.0. The van der Waals surface area contributed by atoms with Gasteiger partial charge in [0, 0.05) is 45.0 Å². The number of aryl methyl sites for hydroxylation is 2. The van der Waals surface area contributed by atoms with Crippen LogP contribution in [0.25, 0.3) is 0 Å². The molecule has 0 unspecified atom stereocenters. The molecule has 5 rings (SSSR count). The number of amides is 1. The molecule has 0 aliphatic carbocycles. The third-order valence-electron chi connectivity index (χ3n) is 5.87. The number of rotatable bonds is 4. The number of aromatic nitrogens is 2. The van der Waals surface area contributed by atoms with Crippen molar-refractivity contribution in [2.24, 2.45) is 5.92 Å². The molecule has 5 nitrogen and oxygen atoms in total. The van der Waals surface area contributed by atoms with Crippen LogP contribution >= 0.6 is 0 Å². The van der Waals surface area contributed by atoms with Gasteiger partial charge in [-0.2, -0.15) is 5.10 Å². The average molecular weight is 370 g/mol. The van der Waals surface area contributed by atoms with Crippen molar-refractivity contribution in [3.8, 4) is 0 Å². The zero-order chi connectivity index (χ0) is 19.0. The molecule has 4 heterocycles. The van der Waals surface area contributed by atoms with E-state index in [1.54, 1.807) is 0 Å². The Hall–Kier alpha value is -2.21. The van der Waals surface area contributed by atoms with E-state index in [1.165, 1.54) is 18.6 Å². The summed E-state index contributed by atoms with van der Waals surface area (Å²) in [5, 5.41) is 4.44. The number of fused-ring (bicyclic) bond motifs is 4. The zero-order valence-electron chi connectivity index (χ0n) is 16.1. The predicted octanol–water partition coefficient (Wildman–Crippen LogP) is 3.09. The Kier molecular flexibility index (Phi) is 5.00. The molecular weight excluding hydrogens is 343 g/mol. The van der Waals surface area contributed by atoms with E-state index in [0.29, 0.717) is 5.92 Å². The highest BCUT2D eigenvalue weighted by Crippen LogP contribution is 2.30. The van der Waals surface area contributed by atoms with Crippen molar-refractivity contribution in [2.45, 2.75) is 45.8 Å². The number of carbonyl (C=O) groups excluding carboxylic acids is 1. The Balaban J connectivity index is 1.50. The van der Waals surface area contributed by atoms with E-state index in [9.17, 15) is 9.18 Å². The molecule has 3 aliphatic rings. The molecule has 1 aromatic carbocycles. The molecule has 1 aromatic heterocycles. The Morgan fingerprint density at radius 3 is 2.67 bits per heavy atom. The maximum Gasteiger partial charge on any atom is 0.257 e. The summed E-state index contributed by atoms with van der Waals surface area (Å²) in [5.41, 5.74) is 2.66. The smallest absolute Gasteiger partial charge is 0.257 e. The highest BCUT2D eigenvalue weighted by molar-refractivity contribution is 5.95. The molecule has 0 N–H and O–H groups in total. The van der Waals surface area contributed by atoms with Gasteiger partial charge in [-0.25, -0.2) is 4.39 Å². The molecule has 2 bridgehead atoms. The minimum absolute atomic E-state index is 0.116. The van der Waals surface area contributed by atoms with Crippen LogP contribution in [0.2, 0.25) is 0 Å². The van der Waals surface area contributed by atoms with E-state index in [4.69, 9.17) is 0 Å². The van der Waals surface area contributed by atoms with Gasteiger partial charge in [0.05, 0.1) is 11.3 Å². The number of hydrogen-bond acceptors (Lipinski definition) is 3. The lowest BCUT2D eigenvalue weighted by Crippen LogP contribution is -2.47. The number of piperidine rings is 1. The van der Waals surface area contributed by atoms with Gasteiger partial charge in [0.2, 0.25) is 0 Å². The van der Waals surface area contributed by atoms with E-state index in [1.807, 2.05) is 36.9 Å². The van der Waals surface area contributed by atoms with Crippen molar-refractivity contribution in [2.75, 3.05) is 19.6 Å². The number of carbonyl (C=O) groups is 1. The van der Waals surface area contributed by atoms with E-state index < -0.39 is 0 Å². The van der Waals surface area contributed by atoms with Gasteiger partial charge in [-0.1, -0.05) is 12.1 Å². The van der Waals surface area contributed by atoms with Crippen LogP contribution in [-0.4, -0.2) is 51.2 Å². The van der Waals surface area contributed by atoms with Crippen LogP contribution in [-0.2, 0) is 13.1 Å². The summed E-state index contributed by atoms with van der Waals surface area (Å²) in [6.45, 7) is 8.21. The first-order chi connectivity index (χ1) is 13.0. The summed E-state index contributed by atoms with van der Waals surface area (Å²) in [6.07, 6.45) is 4.10. The Bertz CT molecular complexity index is 816. The molecule has 144 valence electrons. The quantitative estimate of drug-likeness (QED) is 0.831. The van der Waals surface area contributed by atoms with E-state index in [0.717, 1.165) is 56.0 Å². The number of halogens is 1. The normalized spacial score (nSPS) is 22.9. The lowest BCUT2D eigenvalue weighted by atomic mass is 9.94. The molecule has 0 radical (unpaired) electrons. The number of nitrogens with zero attached hydrogens (tertiary/aromatic N) is 4. The van der Waals surface area contributed by atoms with Crippen LogP contribution in [0.1, 0.15) is 41.4 Å². The highest BCUT2D eigenvalue weighted by atomic mass is 19.1. The summed E-state index contributed by atoms with van der Waals surface area (Å²) in [5.74, 6) is 0.412. The molecule has 27 heavy (non-hydrogen) atoms. The lowest BCUT2D eigenvalue weighted by Gasteiger charge is -2.36. The van der Waals surface area contributed by atoms with Gasteiger partial charge in [-0.3, -0.25) is 14.4 Å². The van der Waals surface area contributed by atoms with Crippen molar-refractivity contribution in [1.29, 1.82) is 0 Å². The highest BCUT2D eigenvalue weighted by Gasteiger charge is 2.38. The summed E-state index contributed by atoms with van der Waals surface area (Å²) in [4.78, 5) is 17.7. The largest absolute Gasteiger partial charge is 0.334 e. The molecule has 1 amide bonds. The summed E-state index contributed by atoms with van der Waals surface area (Å²) >= 11 is 0. The van der Waals surface area contributed by atoms with Crippen LogP contribution < -0.4 is 0 Å². The SMILES string of the molecule is CCn1cc(C(=O)N2C[C@H]3CC[C@@H]2CN(Cc2ccc(F)cc2)C3)c(C)n1. The average Bonchev–Trinajstić information content (AvgIpc) is 2.83. The monoisotopic (exact) mass is 370 g/mol. The zero-order valence-corrected chi connectivity index (χ0v) is 16.1. The fraction of sp³-hybridized carbons (Fsp3) is 0.524. The predicted molar refractivity (Wildman–Crippen MR) is 102 cm³/mol. The first kappa shape index (κ1) is 18.2. The molecule has 3 saturated heterocycles. The summed E-state index contributed by atoms with van der Waals surface area (Å²) in [6, 6.07) is 6.99. The fourth-order valence-corrected chi connectivity index (χ4v) is 4.45. The molecule has 3 fully saturated rings. The van der Waals surface area contributed by atoms with Crippen molar-refractivity contribution >= 4 is 5.91 Å². The van der Waals surface area contributed by atoms with Crippen LogP contribution in [0, 0.1) is 18.7 Å². The minimum Gasteiger partial charge on any atom is -0.334 e. The standard InChI is InChI=1S/C21H27FN4O/c1-3-25-14-20(15(2)23-25)21(27)26-12-17-6-9-19(26)13-24(11-17)10-16-4-7-18(22)8-5-16/h4-5,7-8,14,17,19H,3,6,9-13H2,1-2H3/t17-,19+/m0/s1. The van der Waals surface area contributed by atoms with Crippen molar-refractivity contribution in [3.05, 3.63) is 53.1 Å². The molecule has 0 spiro atoms. The molecule has 6 heteroatoms. The Labute approximate surface area is 159 Å². The number of hydrogen-bond donors (Lipinski definition) is 0. The summed E-state index contributed by atoms with van der Waals surface area (Å²) in [7, 11) is 0. The van der Waals surface area contributed by atoms with E-state index in [-0.39, 0.29) is 17.8 Å². The van der Waals surface area contributed by atoms with Gasteiger partial charge in [-0.15, -0.1) is 0 Å². The minimum atomic E-state index is -0.200. The maximum absolute atomic E-state index is 13.2.